The van der Waals surface area contributed by atoms with E-state index in [1.807, 2.05) is 0 Å². The quantitative estimate of drug-likeness (QED) is 0.450. The van der Waals surface area contributed by atoms with Crippen molar-refractivity contribution < 1.29 is 13.3 Å². The molecule has 1 aromatic heterocycles. The van der Waals surface area contributed by atoms with Crippen molar-refractivity contribution in [3.63, 3.8) is 0 Å². The van der Waals surface area contributed by atoms with Crippen molar-refractivity contribution in [2.45, 2.75) is 11.4 Å². The summed E-state index contributed by atoms with van der Waals surface area (Å²) in [4.78, 5) is 21.9. The first-order valence-corrected chi connectivity index (χ1v) is 10.2. The molecule has 11 heteroatoms. The first-order valence-electron chi connectivity index (χ1n) is 8.35. The van der Waals surface area contributed by atoms with Gasteiger partial charge in [0.15, 0.2) is 4.90 Å². The third-order valence-electron chi connectivity index (χ3n) is 3.97. The van der Waals surface area contributed by atoms with Gasteiger partial charge in [-0.05, 0) is 24.3 Å². The minimum atomic E-state index is -4.14. The van der Waals surface area contributed by atoms with E-state index in [9.17, 15) is 23.3 Å². The van der Waals surface area contributed by atoms with E-state index in [1.54, 1.807) is 30.3 Å². The van der Waals surface area contributed by atoms with Crippen molar-refractivity contribution in [3.8, 4) is 11.3 Å². The second-order valence-electron chi connectivity index (χ2n) is 5.91. The largest absolute Gasteiger partial charge is 0.289 e. The van der Waals surface area contributed by atoms with Crippen LogP contribution in [0.5, 0.6) is 0 Å². The first-order chi connectivity index (χ1) is 13.8. The van der Waals surface area contributed by atoms with Gasteiger partial charge in [-0.15, -0.1) is 0 Å². The standard InChI is InChI=1S/C18H15ClN4O5S/c19-14-7-5-13(6-8-14)15-9-10-18(24)22(21-15)12-11-20-29(27,28)17-4-2-1-3-16(17)23(25)26/h1-10,20H,11-12H2. The highest BCUT2D eigenvalue weighted by Crippen LogP contribution is 2.22. The van der Waals surface area contributed by atoms with Crippen LogP contribution in [0.1, 0.15) is 0 Å². The van der Waals surface area contributed by atoms with Gasteiger partial charge in [-0.2, -0.15) is 5.10 Å². The summed E-state index contributed by atoms with van der Waals surface area (Å²) >= 11 is 5.87. The predicted octanol–water partition coefficient (Wildman–Crippen LogP) is 2.45. The fourth-order valence-electron chi connectivity index (χ4n) is 2.58. The van der Waals surface area contributed by atoms with Gasteiger partial charge >= 0.3 is 0 Å². The Balaban J connectivity index is 1.77. The maximum absolute atomic E-state index is 12.4. The van der Waals surface area contributed by atoms with Crippen LogP contribution >= 0.6 is 11.6 Å². The SMILES string of the molecule is O=c1ccc(-c2ccc(Cl)cc2)nn1CCNS(=O)(=O)c1ccccc1[N+](=O)[O-]. The lowest BCUT2D eigenvalue weighted by molar-refractivity contribution is -0.387. The van der Waals surface area contributed by atoms with Crippen LogP contribution in [0.3, 0.4) is 0 Å². The summed E-state index contributed by atoms with van der Waals surface area (Å²) in [7, 11) is -4.14. The number of para-hydroxylation sites is 1. The number of nitro benzene ring substituents is 1. The minimum absolute atomic E-state index is 0.0554. The number of hydrogen-bond acceptors (Lipinski definition) is 6. The molecule has 2 aromatic carbocycles. The molecule has 0 fully saturated rings. The first kappa shape index (κ1) is 20.6. The van der Waals surface area contributed by atoms with Crippen LogP contribution < -0.4 is 10.3 Å². The molecule has 150 valence electrons. The summed E-state index contributed by atoms with van der Waals surface area (Å²) in [5, 5.41) is 15.8. The van der Waals surface area contributed by atoms with Crippen LogP contribution in [0.15, 0.2) is 70.4 Å². The molecule has 0 unspecified atom stereocenters. The summed E-state index contributed by atoms with van der Waals surface area (Å²) in [5.41, 5.74) is 0.319. The van der Waals surface area contributed by atoms with Crippen molar-refractivity contribution in [3.05, 3.63) is 86.2 Å². The lowest BCUT2D eigenvalue weighted by atomic mass is 10.1. The average Bonchev–Trinajstić information content (AvgIpc) is 2.70. The number of nitro groups is 1. The minimum Gasteiger partial charge on any atom is -0.268 e. The lowest BCUT2D eigenvalue weighted by Crippen LogP contribution is -2.32. The molecule has 0 amide bonds. The number of benzene rings is 2. The molecule has 0 bridgehead atoms. The number of hydrogen-bond donors (Lipinski definition) is 1. The van der Waals surface area contributed by atoms with E-state index < -0.39 is 31.1 Å². The third-order valence-corrected chi connectivity index (χ3v) is 5.73. The van der Waals surface area contributed by atoms with E-state index in [0.717, 1.165) is 22.4 Å². The van der Waals surface area contributed by atoms with E-state index in [2.05, 4.69) is 9.82 Å². The molecular weight excluding hydrogens is 420 g/mol. The fourth-order valence-corrected chi connectivity index (χ4v) is 3.90. The molecule has 9 nitrogen and oxygen atoms in total. The molecule has 0 spiro atoms. The van der Waals surface area contributed by atoms with Gasteiger partial charge in [0, 0.05) is 29.3 Å². The van der Waals surface area contributed by atoms with E-state index >= 15 is 0 Å². The predicted molar refractivity (Wildman–Crippen MR) is 107 cm³/mol. The Labute approximate surface area is 170 Å². The van der Waals surface area contributed by atoms with Gasteiger partial charge in [0.1, 0.15) is 0 Å². The molecule has 29 heavy (non-hydrogen) atoms. The zero-order valence-corrected chi connectivity index (χ0v) is 16.4. The average molecular weight is 435 g/mol. The molecule has 0 atom stereocenters. The number of nitrogens with zero attached hydrogens (tertiary/aromatic N) is 3. The topological polar surface area (TPSA) is 124 Å². The molecule has 0 aliphatic heterocycles. The van der Waals surface area contributed by atoms with E-state index in [-0.39, 0.29) is 13.1 Å². The van der Waals surface area contributed by atoms with Gasteiger partial charge in [0.05, 0.1) is 17.2 Å². The Kier molecular flexibility index (Phi) is 6.06. The fraction of sp³-hybridized carbons (Fsp3) is 0.111. The number of nitrogens with one attached hydrogen (secondary N) is 1. The third kappa shape index (κ3) is 4.86. The van der Waals surface area contributed by atoms with Crippen LogP contribution in [0.25, 0.3) is 11.3 Å². The van der Waals surface area contributed by atoms with Crippen LogP contribution in [0.4, 0.5) is 5.69 Å². The Hall–Kier alpha value is -3.08. The van der Waals surface area contributed by atoms with Crippen LogP contribution in [0, 0.1) is 10.1 Å². The zero-order valence-electron chi connectivity index (χ0n) is 14.9. The molecule has 3 rings (SSSR count). The van der Waals surface area contributed by atoms with Gasteiger partial charge in [0.2, 0.25) is 10.0 Å². The van der Waals surface area contributed by atoms with Crippen LogP contribution in [-0.2, 0) is 16.6 Å². The van der Waals surface area contributed by atoms with Crippen molar-refractivity contribution >= 4 is 27.3 Å². The van der Waals surface area contributed by atoms with Gasteiger partial charge in [-0.1, -0.05) is 35.9 Å². The highest BCUT2D eigenvalue weighted by Gasteiger charge is 2.24. The van der Waals surface area contributed by atoms with E-state index in [4.69, 9.17) is 11.6 Å². The van der Waals surface area contributed by atoms with Gasteiger partial charge in [-0.25, -0.2) is 17.8 Å². The molecule has 0 saturated carbocycles. The Morgan fingerprint density at radius 2 is 1.76 bits per heavy atom. The molecule has 1 N–H and O–H groups in total. The van der Waals surface area contributed by atoms with E-state index in [0.29, 0.717) is 10.7 Å². The maximum Gasteiger partial charge on any atom is 0.289 e. The Morgan fingerprint density at radius 1 is 1.07 bits per heavy atom. The molecule has 0 aliphatic rings. The summed E-state index contributed by atoms with van der Waals surface area (Å²) in [6.07, 6.45) is 0. The molecule has 0 radical (unpaired) electrons. The Morgan fingerprint density at radius 3 is 2.45 bits per heavy atom. The maximum atomic E-state index is 12.4. The summed E-state index contributed by atoms with van der Waals surface area (Å²) in [6, 6.07) is 14.8. The second-order valence-corrected chi connectivity index (χ2v) is 8.08. The molecule has 0 saturated heterocycles. The van der Waals surface area contributed by atoms with Crippen molar-refractivity contribution in [2.24, 2.45) is 0 Å². The van der Waals surface area contributed by atoms with Gasteiger partial charge < -0.3 is 0 Å². The molecule has 3 aromatic rings. The summed E-state index contributed by atoms with van der Waals surface area (Å²) in [6.45, 7) is -0.231. The monoisotopic (exact) mass is 434 g/mol. The Bertz CT molecular complexity index is 1210. The highest BCUT2D eigenvalue weighted by atomic mass is 35.5. The second kappa shape index (κ2) is 8.52. The number of sulfonamides is 1. The van der Waals surface area contributed by atoms with Crippen molar-refractivity contribution in [1.82, 2.24) is 14.5 Å². The highest BCUT2D eigenvalue weighted by molar-refractivity contribution is 7.89. The number of halogens is 1. The number of aromatic nitrogens is 2. The summed E-state index contributed by atoms with van der Waals surface area (Å²) in [5.74, 6) is 0. The van der Waals surface area contributed by atoms with Crippen molar-refractivity contribution in [2.75, 3.05) is 6.54 Å². The molecule has 1 heterocycles. The van der Waals surface area contributed by atoms with Crippen LogP contribution in [-0.4, -0.2) is 29.7 Å². The van der Waals surface area contributed by atoms with E-state index in [1.165, 1.54) is 18.2 Å². The number of rotatable bonds is 7. The zero-order chi connectivity index (χ0) is 21.0. The van der Waals surface area contributed by atoms with Crippen LogP contribution in [0.2, 0.25) is 5.02 Å². The smallest absolute Gasteiger partial charge is 0.268 e. The molecule has 0 aliphatic carbocycles. The van der Waals surface area contributed by atoms with Gasteiger partial charge in [-0.3, -0.25) is 14.9 Å². The normalized spacial score (nSPS) is 11.3. The van der Waals surface area contributed by atoms with Gasteiger partial charge in [0.25, 0.3) is 11.2 Å². The van der Waals surface area contributed by atoms with Crippen molar-refractivity contribution in [1.29, 1.82) is 0 Å². The lowest BCUT2D eigenvalue weighted by Gasteiger charge is -2.09. The summed E-state index contributed by atoms with van der Waals surface area (Å²) < 4.78 is 28.2. The molecular formula is C18H15ClN4O5S.